The Morgan fingerprint density at radius 3 is 2.86 bits per heavy atom. The first kappa shape index (κ1) is 10.5. The van der Waals surface area contributed by atoms with Crippen LogP contribution in [0.1, 0.15) is 6.92 Å². The number of carbonyl (C=O) groups excluding carboxylic acids is 1. The van der Waals surface area contributed by atoms with Crippen LogP contribution in [-0.2, 0) is 4.79 Å². The monoisotopic (exact) mass is 215 g/mol. The molecule has 0 aliphatic carbocycles. The average molecular weight is 215 g/mol. The summed E-state index contributed by atoms with van der Waals surface area (Å²) in [5, 5.41) is 15.3. The van der Waals surface area contributed by atoms with E-state index in [0.29, 0.717) is 5.13 Å². The van der Waals surface area contributed by atoms with Crippen LogP contribution in [-0.4, -0.2) is 28.1 Å². The average Bonchev–Trinajstić information content (AvgIpc) is 2.56. The van der Waals surface area contributed by atoms with E-state index < -0.39 is 18.0 Å². The van der Waals surface area contributed by atoms with Gasteiger partial charge < -0.3 is 10.4 Å². The summed E-state index contributed by atoms with van der Waals surface area (Å²) < 4.78 is 0. The van der Waals surface area contributed by atoms with E-state index >= 15 is 0 Å². The van der Waals surface area contributed by atoms with Gasteiger partial charge in [0.1, 0.15) is 6.04 Å². The van der Waals surface area contributed by atoms with Crippen molar-refractivity contribution in [3.8, 4) is 0 Å². The second-order valence-electron chi connectivity index (χ2n) is 2.50. The standard InChI is InChI=1S/C7H9N3O3S/c1-4(5(11)12)9-6(13)10-7-8-2-3-14-7/h2-4H,1H3,(H,11,12)(H2,8,9,10,13)/t4-/m1/s1. The molecule has 1 atom stereocenters. The summed E-state index contributed by atoms with van der Waals surface area (Å²) in [4.78, 5) is 25.3. The van der Waals surface area contributed by atoms with E-state index in [1.54, 1.807) is 11.6 Å². The number of urea groups is 1. The number of hydrogen-bond donors (Lipinski definition) is 3. The van der Waals surface area contributed by atoms with E-state index in [0.717, 1.165) is 0 Å². The second-order valence-corrected chi connectivity index (χ2v) is 3.39. The molecule has 14 heavy (non-hydrogen) atoms. The van der Waals surface area contributed by atoms with Gasteiger partial charge in [0, 0.05) is 11.6 Å². The lowest BCUT2D eigenvalue weighted by Crippen LogP contribution is -2.40. The number of carbonyl (C=O) groups is 2. The molecular formula is C7H9N3O3S. The van der Waals surface area contributed by atoms with Crippen LogP contribution < -0.4 is 10.6 Å². The van der Waals surface area contributed by atoms with E-state index in [-0.39, 0.29) is 0 Å². The summed E-state index contributed by atoms with van der Waals surface area (Å²) >= 11 is 1.26. The largest absolute Gasteiger partial charge is 0.480 e. The van der Waals surface area contributed by atoms with Crippen molar-refractivity contribution < 1.29 is 14.7 Å². The van der Waals surface area contributed by atoms with Crippen LogP contribution in [0.5, 0.6) is 0 Å². The maximum absolute atomic E-state index is 11.1. The number of anilines is 1. The Hall–Kier alpha value is -1.63. The summed E-state index contributed by atoms with van der Waals surface area (Å²) in [6.45, 7) is 1.38. The Morgan fingerprint density at radius 1 is 1.64 bits per heavy atom. The minimum Gasteiger partial charge on any atom is -0.480 e. The molecule has 0 aliphatic rings. The Balaban J connectivity index is 2.40. The quantitative estimate of drug-likeness (QED) is 0.693. The number of rotatable bonds is 3. The number of amides is 2. The Bertz CT molecular complexity index is 325. The Kier molecular flexibility index (Phi) is 3.41. The minimum absolute atomic E-state index is 0.431. The maximum atomic E-state index is 11.1. The highest BCUT2D eigenvalue weighted by Crippen LogP contribution is 2.09. The van der Waals surface area contributed by atoms with Gasteiger partial charge in [-0.05, 0) is 6.92 Å². The topological polar surface area (TPSA) is 91.3 Å². The molecule has 0 bridgehead atoms. The molecule has 0 saturated carbocycles. The lowest BCUT2D eigenvalue weighted by Gasteiger charge is -2.08. The molecule has 1 rings (SSSR count). The molecule has 0 aromatic carbocycles. The summed E-state index contributed by atoms with van der Waals surface area (Å²) in [5.74, 6) is -1.08. The summed E-state index contributed by atoms with van der Waals surface area (Å²) in [7, 11) is 0. The molecule has 1 heterocycles. The first-order valence-electron chi connectivity index (χ1n) is 3.79. The van der Waals surface area contributed by atoms with Gasteiger partial charge in [-0.25, -0.2) is 9.78 Å². The number of carboxylic acids is 1. The molecule has 6 nitrogen and oxygen atoms in total. The number of aromatic nitrogens is 1. The molecule has 0 radical (unpaired) electrons. The zero-order valence-electron chi connectivity index (χ0n) is 7.35. The molecule has 1 aromatic rings. The van der Waals surface area contributed by atoms with Crippen LogP contribution >= 0.6 is 11.3 Å². The lowest BCUT2D eigenvalue weighted by atomic mass is 10.3. The van der Waals surface area contributed by atoms with E-state index in [2.05, 4.69) is 15.6 Å². The Labute approximate surface area is 84.0 Å². The van der Waals surface area contributed by atoms with Crippen molar-refractivity contribution in [1.29, 1.82) is 0 Å². The molecule has 0 fully saturated rings. The van der Waals surface area contributed by atoms with Crippen molar-refractivity contribution in [3.05, 3.63) is 11.6 Å². The first-order chi connectivity index (χ1) is 6.59. The van der Waals surface area contributed by atoms with Gasteiger partial charge in [-0.2, -0.15) is 0 Å². The van der Waals surface area contributed by atoms with Gasteiger partial charge >= 0.3 is 12.0 Å². The van der Waals surface area contributed by atoms with E-state index in [1.165, 1.54) is 18.3 Å². The number of hydrogen-bond acceptors (Lipinski definition) is 4. The first-order valence-corrected chi connectivity index (χ1v) is 4.67. The highest BCUT2D eigenvalue weighted by Gasteiger charge is 2.13. The number of carboxylic acid groups (broad SMARTS) is 1. The molecule has 0 saturated heterocycles. The third kappa shape index (κ3) is 3.02. The summed E-state index contributed by atoms with van der Waals surface area (Å²) in [6.07, 6.45) is 1.54. The number of aliphatic carboxylic acids is 1. The van der Waals surface area contributed by atoms with Gasteiger partial charge in [-0.1, -0.05) is 0 Å². The highest BCUT2D eigenvalue weighted by molar-refractivity contribution is 7.13. The molecule has 0 aliphatic heterocycles. The fraction of sp³-hybridized carbons (Fsp3) is 0.286. The van der Waals surface area contributed by atoms with Gasteiger partial charge in [0.05, 0.1) is 0 Å². The fourth-order valence-electron chi connectivity index (χ4n) is 0.677. The zero-order chi connectivity index (χ0) is 10.6. The predicted octanol–water partition coefficient (Wildman–Crippen LogP) is 0.738. The smallest absolute Gasteiger partial charge is 0.325 e. The van der Waals surface area contributed by atoms with E-state index in [9.17, 15) is 9.59 Å². The molecule has 1 aromatic heterocycles. The van der Waals surface area contributed by atoms with Crippen molar-refractivity contribution in [2.45, 2.75) is 13.0 Å². The zero-order valence-corrected chi connectivity index (χ0v) is 8.17. The van der Waals surface area contributed by atoms with Crippen LogP contribution in [0.3, 0.4) is 0 Å². The van der Waals surface area contributed by atoms with Gasteiger partial charge in [0.25, 0.3) is 0 Å². The molecular weight excluding hydrogens is 206 g/mol. The Morgan fingerprint density at radius 2 is 2.36 bits per heavy atom. The molecule has 2 amide bonds. The second kappa shape index (κ2) is 4.56. The van der Waals surface area contributed by atoms with Crippen LogP contribution in [0.25, 0.3) is 0 Å². The highest BCUT2D eigenvalue weighted by atomic mass is 32.1. The summed E-state index contributed by atoms with van der Waals surface area (Å²) in [6, 6.07) is -1.50. The van der Waals surface area contributed by atoms with Gasteiger partial charge in [0.2, 0.25) is 0 Å². The number of nitrogens with one attached hydrogen (secondary N) is 2. The van der Waals surface area contributed by atoms with Crippen LogP contribution in [0, 0.1) is 0 Å². The lowest BCUT2D eigenvalue weighted by molar-refractivity contribution is -0.138. The van der Waals surface area contributed by atoms with Crippen molar-refractivity contribution in [2.24, 2.45) is 0 Å². The number of thiazole rings is 1. The third-order valence-electron chi connectivity index (χ3n) is 1.37. The molecule has 7 heteroatoms. The van der Waals surface area contributed by atoms with Crippen molar-refractivity contribution in [2.75, 3.05) is 5.32 Å². The fourth-order valence-corrected chi connectivity index (χ4v) is 1.20. The van der Waals surface area contributed by atoms with Crippen molar-refractivity contribution in [1.82, 2.24) is 10.3 Å². The van der Waals surface area contributed by atoms with E-state index in [4.69, 9.17) is 5.11 Å². The van der Waals surface area contributed by atoms with Crippen LogP contribution in [0.4, 0.5) is 9.93 Å². The van der Waals surface area contributed by atoms with Crippen LogP contribution in [0.2, 0.25) is 0 Å². The minimum atomic E-state index is -1.08. The molecule has 3 N–H and O–H groups in total. The molecule has 0 spiro atoms. The predicted molar refractivity (Wildman–Crippen MR) is 51.4 cm³/mol. The normalized spacial score (nSPS) is 11.8. The third-order valence-corrected chi connectivity index (χ3v) is 2.06. The van der Waals surface area contributed by atoms with Gasteiger partial charge in [-0.3, -0.25) is 10.1 Å². The molecule has 0 unspecified atom stereocenters. The van der Waals surface area contributed by atoms with E-state index in [1.807, 2.05) is 0 Å². The maximum Gasteiger partial charge on any atom is 0.325 e. The molecule has 76 valence electrons. The van der Waals surface area contributed by atoms with Gasteiger partial charge in [-0.15, -0.1) is 11.3 Å². The summed E-state index contributed by atoms with van der Waals surface area (Å²) in [5.41, 5.74) is 0. The van der Waals surface area contributed by atoms with Crippen molar-refractivity contribution in [3.63, 3.8) is 0 Å². The van der Waals surface area contributed by atoms with Crippen molar-refractivity contribution >= 4 is 28.5 Å². The number of nitrogens with zero attached hydrogens (tertiary/aromatic N) is 1. The van der Waals surface area contributed by atoms with Gasteiger partial charge in [0.15, 0.2) is 5.13 Å². The SMILES string of the molecule is C[C@@H](NC(=O)Nc1nccs1)C(=O)O. The van der Waals surface area contributed by atoms with Crippen LogP contribution in [0.15, 0.2) is 11.6 Å².